The number of quaternary nitrogens is 2. The third-order valence-electron chi connectivity index (χ3n) is 3.17. The molecule has 1 aromatic carbocycles. The molecule has 0 radical (unpaired) electrons. The number of nitrogens with one attached hydrogen (secondary N) is 1. The zero-order chi connectivity index (χ0) is 11.9. The smallest absolute Gasteiger partial charge is 0.137 e. The van der Waals surface area contributed by atoms with Crippen molar-refractivity contribution in [2.45, 2.75) is 0 Å². The van der Waals surface area contributed by atoms with Crippen molar-refractivity contribution in [1.29, 1.82) is 0 Å². The van der Waals surface area contributed by atoms with Gasteiger partial charge in [-0.15, -0.1) is 0 Å². The second-order valence-electron chi connectivity index (χ2n) is 4.39. The van der Waals surface area contributed by atoms with Gasteiger partial charge >= 0.3 is 0 Å². The minimum Gasteiger partial charge on any atom is -0.497 e. The number of methoxy groups -OCH3 is 1. The molecule has 0 atom stereocenters. The van der Waals surface area contributed by atoms with Crippen LogP contribution in [-0.4, -0.2) is 46.4 Å². The SMILES string of the molecule is COc1cccc(OCC[NH+]2CC[NH2+]CC2)c1. The molecule has 1 aromatic rings. The average molecular weight is 238 g/mol. The molecule has 0 amide bonds. The first-order valence-electron chi connectivity index (χ1n) is 6.30. The highest BCUT2D eigenvalue weighted by Crippen LogP contribution is 2.18. The van der Waals surface area contributed by atoms with Gasteiger partial charge in [-0.3, -0.25) is 0 Å². The van der Waals surface area contributed by atoms with E-state index in [1.54, 1.807) is 12.0 Å². The Bertz CT molecular complexity index is 338. The summed E-state index contributed by atoms with van der Waals surface area (Å²) in [6, 6.07) is 7.79. The van der Waals surface area contributed by atoms with Crippen molar-refractivity contribution in [1.82, 2.24) is 0 Å². The first kappa shape index (κ1) is 12.2. The van der Waals surface area contributed by atoms with Crippen LogP contribution in [0, 0.1) is 0 Å². The van der Waals surface area contributed by atoms with Crippen molar-refractivity contribution in [3.05, 3.63) is 24.3 Å². The minimum absolute atomic E-state index is 0.780. The maximum atomic E-state index is 5.74. The average Bonchev–Trinajstić information content (AvgIpc) is 2.40. The molecule has 94 valence electrons. The van der Waals surface area contributed by atoms with Crippen molar-refractivity contribution in [2.75, 3.05) is 46.4 Å². The number of piperazine rings is 1. The van der Waals surface area contributed by atoms with E-state index in [2.05, 4.69) is 5.32 Å². The molecule has 2 rings (SSSR count). The molecule has 0 spiro atoms. The van der Waals surface area contributed by atoms with Crippen molar-refractivity contribution in [3.63, 3.8) is 0 Å². The van der Waals surface area contributed by atoms with E-state index < -0.39 is 0 Å². The standard InChI is InChI=1S/C13H20N2O2/c1-16-12-3-2-4-13(11-12)17-10-9-15-7-5-14-6-8-15/h2-4,11,14H,5-10H2,1H3/p+2. The predicted molar refractivity (Wildman–Crippen MR) is 65.7 cm³/mol. The molecule has 0 aliphatic carbocycles. The van der Waals surface area contributed by atoms with Crippen LogP contribution in [0.1, 0.15) is 0 Å². The van der Waals surface area contributed by atoms with Crippen LogP contribution < -0.4 is 19.7 Å². The normalized spacial score (nSPS) is 16.8. The zero-order valence-electron chi connectivity index (χ0n) is 10.4. The number of nitrogens with two attached hydrogens (primary N) is 1. The maximum absolute atomic E-state index is 5.74. The summed E-state index contributed by atoms with van der Waals surface area (Å²) in [4.78, 5) is 1.65. The Morgan fingerprint density at radius 3 is 2.76 bits per heavy atom. The quantitative estimate of drug-likeness (QED) is 0.658. The van der Waals surface area contributed by atoms with E-state index in [0.29, 0.717) is 0 Å². The summed E-state index contributed by atoms with van der Waals surface area (Å²) < 4.78 is 10.9. The highest BCUT2D eigenvalue weighted by Gasteiger charge is 2.14. The summed E-state index contributed by atoms with van der Waals surface area (Å²) in [6.07, 6.45) is 0. The molecule has 1 heterocycles. The third kappa shape index (κ3) is 3.91. The third-order valence-corrected chi connectivity index (χ3v) is 3.17. The van der Waals surface area contributed by atoms with E-state index >= 15 is 0 Å². The van der Waals surface area contributed by atoms with E-state index in [1.807, 2.05) is 24.3 Å². The highest BCUT2D eigenvalue weighted by atomic mass is 16.5. The zero-order valence-corrected chi connectivity index (χ0v) is 10.4. The lowest BCUT2D eigenvalue weighted by molar-refractivity contribution is -0.946. The van der Waals surface area contributed by atoms with Crippen LogP contribution in [0.15, 0.2) is 24.3 Å². The molecule has 1 aliphatic heterocycles. The molecule has 1 fully saturated rings. The van der Waals surface area contributed by atoms with Crippen LogP contribution in [0.25, 0.3) is 0 Å². The lowest BCUT2D eigenvalue weighted by Crippen LogP contribution is -3.20. The lowest BCUT2D eigenvalue weighted by atomic mass is 10.3. The minimum atomic E-state index is 0.780. The van der Waals surface area contributed by atoms with Gasteiger partial charge in [0.05, 0.1) is 7.11 Å². The molecule has 3 N–H and O–H groups in total. The van der Waals surface area contributed by atoms with E-state index in [9.17, 15) is 0 Å². The van der Waals surface area contributed by atoms with Crippen molar-refractivity contribution in [3.8, 4) is 11.5 Å². The number of rotatable bonds is 5. The van der Waals surface area contributed by atoms with E-state index in [-0.39, 0.29) is 0 Å². The fraction of sp³-hybridized carbons (Fsp3) is 0.538. The summed E-state index contributed by atoms with van der Waals surface area (Å²) >= 11 is 0. The van der Waals surface area contributed by atoms with Gasteiger partial charge in [0, 0.05) is 6.07 Å². The molecule has 0 bridgehead atoms. The van der Waals surface area contributed by atoms with Gasteiger partial charge in [-0.2, -0.15) is 0 Å². The largest absolute Gasteiger partial charge is 0.497 e. The fourth-order valence-corrected chi connectivity index (χ4v) is 2.14. The van der Waals surface area contributed by atoms with Gasteiger partial charge in [-0.25, -0.2) is 0 Å². The molecule has 4 heteroatoms. The summed E-state index contributed by atoms with van der Waals surface area (Å²) in [7, 11) is 1.67. The Kier molecular flexibility index (Phi) is 4.64. The van der Waals surface area contributed by atoms with Crippen molar-refractivity contribution < 1.29 is 19.7 Å². The Balaban J connectivity index is 1.73. The molecule has 0 unspecified atom stereocenters. The summed E-state index contributed by atoms with van der Waals surface area (Å²) in [5, 5.41) is 2.38. The van der Waals surface area contributed by atoms with Gasteiger partial charge in [0.2, 0.25) is 0 Å². The summed E-state index contributed by atoms with van der Waals surface area (Å²) in [5.41, 5.74) is 0. The topological polar surface area (TPSA) is 39.5 Å². The fourth-order valence-electron chi connectivity index (χ4n) is 2.14. The van der Waals surface area contributed by atoms with Crippen LogP contribution in [0.3, 0.4) is 0 Å². The van der Waals surface area contributed by atoms with Crippen LogP contribution in [0.5, 0.6) is 11.5 Å². The van der Waals surface area contributed by atoms with Crippen LogP contribution >= 0.6 is 0 Å². The molecule has 4 nitrogen and oxygen atoms in total. The second kappa shape index (κ2) is 6.47. The van der Waals surface area contributed by atoms with Gasteiger partial charge in [-0.05, 0) is 12.1 Å². The van der Waals surface area contributed by atoms with Gasteiger partial charge in [-0.1, -0.05) is 6.07 Å². The molecular weight excluding hydrogens is 216 g/mol. The van der Waals surface area contributed by atoms with E-state index in [0.717, 1.165) is 24.7 Å². The lowest BCUT2D eigenvalue weighted by Gasteiger charge is -2.22. The predicted octanol–water partition coefficient (Wildman–Crippen LogP) is -1.46. The van der Waals surface area contributed by atoms with Crippen molar-refractivity contribution >= 4 is 0 Å². The highest BCUT2D eigenvalue weighted by molar-refractivity contribution is 5.32. The van der Waals surface area contributed by atoms with E-state index in [1.165, 1.54) is 26.2 Å². The number of benzene rings is 1. The van der Waals surface area contributed by atoms with Gasteiger partial charge < -0.3 is 19.7 Å². The number of hydrogen-bond donors (Lipinski definition) is 2. The van der Waals surface area contributed by atoms with Gasteiger partial charge in [0.25, 0.3) is 0 Å². The number of ether oxygens (including phenoxy) is 2. The molecular formula is C13H22N2O2+2. The number of hydrogen-bond acceptors (Lipinski definition) is 2. The molecule has 0 aromatic heterocycles. The van der Waals surface area contributed by atoms with Gasteiger partial charge in [0.1, 0.15) is 50.8 Å². The van der Waals surface area contributed by atoms with Crippen molar-refractivity contribution in [2.24, 2.45) is 0 Å². The molecule has 1 aliphatic rings. The monoisotopic (exact) mass is 238 g/mol. The molecule has 0 saturated carbocycles. The molecule has 1 saturated heterocycles. The second-order valence-corrected chi connectivity index (χ2v) is 4.39. The Morgan fingerprint density at radius 1 is 1.24 bits per heavy atom. The molecule has 17 heavy (non-hydrogen) atoms. The van der Waals surface area contributed by atoms with Crippen LogP contribution in [0.2, 0.25) is 0 Å². The Hall–Kier alpha value is -1.26. The first-order chi connectivity index (χ1) is 8.38. The first-order valence-corrected chi connectivity index (χ1v) is 6.30. The van der Waals surface area contributed by atoms with E-state index in [4.69, 9.17) is 9.47 Å². The van der Waals surface area contributed by atoms with Gasteiger partial charge in [0.15, 0.2) is 0 Å². The Labute approximate surface area is 103 Å². The summed E-state index contributed by atoms with van der Waals surface area (Å²) in [5.74, 6) is 1.75. The summed E-state index contributed by atoms with van der Waals surface area (Å²) in [6.45, 7) is 6.86. The maximum Gasteiger partial charge on any atom is 0.137 e. The Morgan fingerprint density at radius 2 is 2.00 bits per heavy atom. The van der Waals surface area contributed by atoms with Crippen LogP contribution in [-0.2, 0) is 0 Å². The van der Waals surface area contributed by atoms with Crippen LogP contribution in [0.4, 0.5) is 0 Å².